The van der Waals surface area contributed by atoms with Gasteiger partial charge < -0.3 is 10.8 Å². The van der Waals surface area contributed by atoms with Crippen LogP contribution in [0, 0.1) is 5.92 Å². The van der Waals surface area contributed by atoms with Gasteiger partial charge in [0.05, 0.1) is 0 Å². The molecule has 0 aromatic heterocycles. The summed E-state index contributed by atoms with van der Waals surface area (Å²) >= 11 is 0. The number of hydroxylamine groups is 1. The van der Waals surface area contributed by atoms with Crippen molar-refractivity contribution >= 4 is 11.9 Å². The predicted octanol–water partition coefficient (Wildman–Crippen LogP) is -0.506. The van der Waals surface area contributed by atoms with Crippen LogP contribution in [0.15, 0.2) is 0 Å². The molecule has 82 valence electrons. The molecule has 0 fully saturated rings. The quantitative estimate of drug-likeness (QED) is 0.485. The van der Waals surface area contributed by atoms with Crippen molar-refractivity contribution in [3.63, 3.8) is 0 Å². The van der Waals surface area contributed by atoms with E-state index in [0.29, 0.717) is 13.0 Å². The van der Waals surface area contributed by atoms with E-state index in [4.69, 9.17) is 10.8 Å². The fourth-order valence-corrected chi connectivity index (χ4v) is 0.825. The van der Waals surface area contributed by atoms with Crippen LogP contribution in [0.2, 0.25) is 0 Å². The summed E-state index contributed by atoms with van der Waals surface area (Å²) in [5.74, 6) is -1.66. The van der Waals surface area contributed by atoms with Crippen LogP contribution in [-0.4, -0.2) is 30.1 Å². The largest absolute Gasteiger partial charge is 0.479 e. The second kappa shape index (κ2) is 7.28. The smallest absolute Gasteiger partial charge is 0.332 e. The summed E-state index contributed by atoms with van der Waals surface area (Å²) in [6, 6.07) is 0. The van der Waals surface area contributed by atoms with E-state index in [1.165, 1.54) is 0 Å². The second-order valence-corrected chi connectivity index (χ2v) is 2.98. The van der Waals surface area contributed by atoms with Gasteiger partial charge in [0.1, 0.15) is 0 Å². The molecule has 0 bridgehead atoms. The van der Waals surface area contributed by atoms with E-state index in [1.807, 2.05) is 0 Å². The summed E-state index contributed by atoms with van der Waals surface area (Å²) in [6.07, 6.45) is 1.42. The minimum absolute atomic E-state index is 0.215. The van der Waals surface area contributed by atoms with Crippen molar-refractivity contribution in [3.8, 4) is 0 Å². The normalized spacial score (nSPS) is 12.1. The Morgan fingerprint density at radius 2 is 2.21 bits per heavy atom. The molecule has 6 nitrogen and oxygen atoms in total. The van der Waals surface area contributed by atoms with Crippen molar-refractivity contribution in [1.82, 2.24) is 5.48 Å². The van der Waals surface area contributed by atoms with E-state index in [0.717, 1.165) is 6.42 Å². The fourth-order valence-electron chi connectivity index (χ4n) is 0.825. The highest BCUT2D eigenvalue weighted by atomic mass is 16.7. The molecule has 4 N–H and O–H groups in total. The molecular weight excluding hydrogens is 188 g/mol. The van der Waals surface area contributed by atoms with E-state index < -0.39 is 12.6 Å². The van der Waals surface area contributed by atoms with Crippen LogP contribution in [0.1, 0.15) is 19.8 Å². The Morgan fingerprint density at radius 1 is 1.57 bits per heavy atom. The minimum Gasteiger partial charge on any atom is -0.479 e. The monoisotopic (exact) mass is 204 g/mol. The third-order valence-corrected chi connectivity index (χ3v) is 1.66. The molecule has 0 aromatic rings. The molecule has 0 radical (unpaired) electrons. The van der Waals surface area contributed by atoms with E-state index in [-0.39, 0.29) is 11.8 Å². The predicted molar refractivity (Wildman–Crippen MR) is 49.2 cm³/mol. The molecule has 0 aromatic carbocycles. The first kappa shape index (κ1) is 12.9. The second-order valence-electron chi connectivity index (χ2n) is 2.98. The molecule has 0 aliphatic rings. The lowest BCUT2D eigenvalue weighted by atomic mass is 10.1. The van der Waals surface area contributed by atoms with Gasteiger partial charge >= 0.3 is 5.97 Å². The number of rotatable bonds is 7. The summed E-state index contributed by atoms with van der Waals surface area (Å²) in [5, 5.41) is 8.21. The summed E-state index contributed by atoms with van der Waals surface area (Å²) in [7, 11) is 0. The van der Waals surface area contributed by atoms with Crippen molar-refractivity contribution in [1.29, 1.82) is 0 Å². The molecule has 1 amide bonds. The van der Waals surface area contributed by atoms with Gasteiger partial charge in [-0.1, -0.05) is 6.92 Å². The molecule has 0 aliphatic carbocycles. The molecule has 0 aliphatic heterocycles. The van der Waals surface area contributed by atoms with Crippen LogP contribution in [0.5, 0.6) is 0 Å². The number of nitrogens with two attached hydrogens (primary N) is 1. The van der Waals surface area contributed by atoms with Gasteiger partial charge in [-0.3, -0.25) is 9.63 Å². The van der Waals surface area contributed by atoms with Crippen LogP contribution >= 0.6 is 0 Å². The summed E-state index contributed by atoms with van der Waals surface area (Å²) < 4.78 is 0. The number of amides is 1. The van der Waals surface area contributed by atoms with Gasteiger partial charge in [0.25, 0.3) is 0 Å². The Hall–Kier alpha value is -1.14. The minimum atomic E-state index is -1.13. The first-order valence-electron chi connectivity index (χ1n) is 4.41. The van der Waals surface area contributed by atoms with Gasteiger partial charge in [-0.15, -0.1) is 0 Å². The third kappa shape index (κ3) is 6.38. The van der Waals surface area contributed by atoms with Crippen molar-refractivity contribution in [2.24, 2.45) is 11.7 Å². The maximum absolute atomic E-state index is 11.2. The van der Waals surface area contributed by atoms with Crippen LogP contribution < -0.4 is 11.2 Å². The lowest BCUT2D eigenvalue weighted by Crippen LogP contribution is -2.31. The van der Waals surface area contributed by atoms with E-state index >= 15 is 0 Å². The molecule has 0 spiro atoms. The van der Waals surface area contributed by atoms with Crippen LogP contribution in [0.3, 0.4) is 0 Å². The standard InChI is InChI=1S/C8H16N2O4/c1-6(3-2-4-9)8(13)10-14-5-7(11)12/h6H,2-5,9H2,1H3,(H,10,13)(H,11,12). The number of carboxylic acids is 1. The zero-order chi connectivity index (χ0) is 11.0. The molecule has 1 unspecified atom stereocenters. The van der Waals surface area contributed by atoms with Crippen LogP contribution in [0.4, 0.5) is 0 Å². The molecule has 0 rings (SSSR count). The lowest BCUT2D eigenvalue weighted by molar-refractivity contribution is -0.150. The van der Waals surface area contributed by atoms with Gasteiger partial charge in [0, 0.05) is 5.92 Å². The van der Waals surface area contributed by atoms with E-state index in [1.54, 1.807) is 6.92 Å². The molecule has 14 heavy (non-hydrogen) atoms. The number of carboxylic acid groups (broad SMARTS) is 1. The lowest BCUT2D eigenvalue weighted by Gasteiger charge is -2.10. The number of carbonyl (C=O) groups is 2. The maximum atomic E-state index is 11.2. The summed E-state index contributed by atoms with van der Waals surface area (Å²) in [6.45, 7) is 1.73. The first-order chi connectivity index (χ1) is 6.57. The molecule has 0 heterocycles. The van der Waals surface area contributed by atoms with Gasteiger partial charge in [0.15, 0.2) is 6.61 Å². The van der Waals surface area contributed by atoms with Crippen molar-refractivity contribution < 1.29 is 19.5 Å². The van der Waals surface area contributed by atoms with Crippen molar-refractivity contribution in [2.45, 2.75) is 19.8 Å². The van der Waals surface area contributed by atoms with E-state index in [9.17, 15) is 9.59 Å². The SMILES string of the molecule is CC(CCCN)C(=O)NOCC(=O)O. The molecule has 0 saturated heterocycles. The van der Waals surface area contributed by atoms with Gasteiger partial charge in [-0.25, -0.2) is 10.3 Å². The summed E-state index contributed by atoms with van der Waals surface area (Å²) in [4.78, 5) is 25.6. The molecule has 6 heteroatoms. The maximum Gasteiger partial charge on any atom is 0.332 e. The van der Waals surface area contributed by atoms with Crippen molar-refractivity contribution in [3.05, 3.63) is 0 Å². The molecular formula is C8H16N2O4. The molecule has 0 saturated carbocycles. The van der Waals surface area contributed by atoms with Gasteiger partial charge in [-0.05, 0) is 19.4 Å². The number of hydrogen-bond donors (Lipinski definition) is 3. The zero-order valence-electron chi connectivity index (χ0n) is 8.16. The number of hydrogen-bond acceptors (Lipinski definition) is 4. The number of aliphatic carboxylic acids is 1. The Labute approximate surface area is 82.4 Å². The third-order valence-electron chi connectivity index (χ3n) is 1.66. The fraction of sp³-hybridized carbons (Fsp3) is 0.750. The average Bonchev–Trinajstić information content (AvgIpc) is 2.13. The Kier molecular flexibility index (Phi) is 6.69. The summed E-state index contributed by atoms with van der Waals surface area (Å²) in [5.41, 5.74) is 7.34. The Bertz CT molecular complexity index is 196. The van der Waals surface area contributed by atoms with Crippen LogP contribution in [-0.2, 0) is 14.4 Å². The van der Waals surface area contributed by atoms with Crippen LogP contribution in [0.25, 0.3) is 0 Å². The van der Waals surface area contributed by atoms with Gasteiger partial charge in [-0.2, -0.15) is 0 Å². The highest BCUT2D eigenvalue weighted by molar-refractivity contribution is 5.77. The molecule has 1 atom stereocenters. The van der Waals surface area contributed by atoms with Gasteiger partial charge in [0.2, 0.25) is 5.91 Å². The zero-order valence-corrected chi connectivity index (χ0v) is 8.16. The highest BCUT2D eigenvalue weighted by Gasteiger charge is 2.12. The number of nitrogens with one attached hydrogen (secondary N) is 1. The number of carbonyl (C=O) groups excluding carboxylic acids is 1. The van der Waals surface area contributed by atoms with E-state index in [2.05, 4.69) is 10.3 Å². The average molecular weight is 204 g/mol. The van der Waals surface area contributed by atoms with Crippen molar-refractivity contribution in [2.75, 3.05) is 13.2 Å². The Morgan fingerprint density at radius 3 is 2.71 bits per heavy atom. The Balaban J connectivity index is 3.56. The first-order valence-corrected chi connectivity index (χ1v) is 4.41. The highest BCUT2D eigenvalue weighted by Crippen LogP contribution is 2.03. The topological polar surface area (TPSA) is 102 Å².